The summed E-state index contributed by atoms with van der Waals surface area (Å²) in [4.78, 5) is 53.7. The van der Waals surface area contributed by atoms with Crippen molar-refractivity contribution in [3.05, 3.63) is 106 Å². The summed E-state index contributed by atoms with van der Waals surface area (Å²) in [7, 11) is 1.52. The van der Waals surface area contributed by atoms with Crippen LogP contribution in [0.4, 0.5) is 5.69 Å². The van der Waals surface area contributed by atoms with E-state index in [1.54, 1.807) is 54.6 Å². The van der Waals surface area contributed by atoms with E-state index >= 15 is 0 Å². The quantitative estimate of drug-likeness (QED) is 0.209. The Morgan fingerprint density at radius 2 is 1.55 bits per heavy atom. The smallest absolute Gasteiger partial charge is 0.330 e. The molecule has 0 saturated carbocycles. The number of ether oxygens (including phenoxy) is 1. The topological polar surface area (TPSA) is 127 Å². The molecular formula is C31H32N2O7. The highest BCUT2D eigenvalue weighted by atomic mass is 16.6. The Hall–Kier alpha value is -4.53. The highest BCUT2D eigenvalue weighted by molar-refractivity contribution is 6.02. The van der Waals surface area contributed by atoms with Crippen molar-refractivity contribution >= 4 is 23.3 Å². The molecule has 0 radical (unpaired) electrons. The second kappa shape index (κ2) is 11.3. The van der Waals surface area contributed by atoms with Crippen LogP contribution in [-0.2, 0) is 9.59 Å². The van der Waals surface area contributed by atoms with Gasteiger partial charge in [-0.3, -0.25) is 19.7 Å². The van der Waals surface area contributed by atoms with Crippen LogP contribution in [0.1, 0.15) is 60.6 Å². The fraction of sp³-hybridized carbons (Fsp3) is 0.323. The molecule has 4 rings (SSSR count). The Morgan fingerprint density at radius 3 is 2.05 bits per heavy atom. The van der Waals surface area contributed by atoms with Crippen LogP contribution in [0.2, 0.25) is 0 Å². The molecule has 208 valence electrons. The molecule has 4 atom stereocenters. The van der Waals surface area contributed by atoms with Crippen molar-refractivity contribution < 1.29 is 29.2 Å². The minimum Gasteiger partial charge on any atom is -0.497 e. The third-order valence-electron chi connectivity index (χ3n) is 7.65. The van der Waals surface area contributed by atoms with Gasteiger partial charge in [0.05, 0.1) is 24.0 Å². The van der Waals surface area contributed by atoms with Gasteiger partial charge in [0.2, 0.25) is 5.91 Å². The number of carboxylic acid groups (broad SMARTS) is 1. The lowest BCUT2D eigenvalue weighted by Crippen LogP contribution is -2.54. The van der Waals surface area contributed by atoms with Gasteiger partial charge >= 0.3 is 5.97 Å². The van der Waals surface area contributed by atoms with Gasteiger partial charge in [-0.05, 0) is 36.1 Å². The minimum absolute atomic E-state index is 0.0660. The number of methoxy groups -OCH3 is 1. The maximum absolute atomic E-state index is 14.3. The van der Waals surface area contributed by atoms with Crippen LogP contribution < -0.4 is 4.74 Å². The zero-order chi connectivity index (χ0) is 29.2. The van der Waals surface area contributed by atoms with Gasteiger partial charge in [-0.2, -0.15) is 0 Å². The van der Waals surface area contributed by atoms with E-state index in [2.05, 4.69) is 0 Å². The summed E-state index contributed by atoms with van der Waals surface area (Å²) in [5.74, 6) is -3.50. The van der Waals surface area contributed by atoms with Gasteiger partial charge in [-0.25, -0.2) is 4.79 Å². The van der Waals surface area contributed by atoms with Crippen LogP contribution in [0.15, 0.2) is 78.9 Å². The number of Topliss-reactive ketones (excluding diaryl/α,β-unsaturated/α-hetero) is 1. The summed E-state index contributed by atoms with van der Waals surface area (Å²) in [6.07, 6.45) is 0.0781. The Kier molecular flexibility index (Phi) is 8.04. The summed E-state index contributed by atoms with van der Waals surface area (Å²) in [6.45, 7) is 5.21. The molecule has 9 heteroatoms. The number of non-ortho nitro benzene ring substituents is 1. The number of ketones is 1. The number of amides is 1. The molecule has 0 bridgehead atoms. The number of hydrogen-bond donors (Lipinski definition) is 1. The van der Waals surface area contributed by atoms with Crippen LogP contribution in [0.3, 0.4) is 0 Å². The molecule has 1 aliphatic rings. The number of nitro benzene ring substituents is 1. The molecule has 1 aliphatic heterocycles. The number of benzene rings is 3. The normalized spacial score (nSPS) is 22.2. The summed E-state index contributed by atoms with van der Waals surface area (Å²) in [5.41, 5.74) is -0.623. The zero-order valence-corrected chi connectivity index (χ0v) is 22.8. The van der Waals surface area contributed by atoms with Crippen molar-refractivity contribution in [2.24, 2.45) is 11.8 Å². The lowest BCUT2D eigenvalue weighted by Gasteiger charge is -2.38. The van der Waals surface area contributed by atoms with Crippen molar-refractivity contribution in [1.82, 2.24) is 4.90 Å². The zero-order valence-electron chi connectivity index (χ0n) is 22.8. The first-order valence-electron chi connectivity index (χ1n) is 13.0. The third-order valence-corrected chi connectivity index (χ3v) is 7.65. The maximum Gasteiger partial charge on any atom is 0.330 e. The van der Waals surface area contributed by atoms with E-state index in [1.165, 1.54) is 43.2 Å². The Labute approximate surface area is 232 Å². The van der Waals surface area contributed by atoms with E-state index in [9.17, 15) is 29.6 Å². The average molecular weight is 545 g/mol. The van der Waals surface area contributed by atoms with Crippen LogP contribution in [0.25, 0.3) is 0 Å². The van der Waals surface area contributed by atoms with Crippen LogP contribution in [-0.4, -0.2) is 45.2 Å². The molecule has 40 heavy (non-hydrogen) atoms. The second-order valence-electron chi connectivity index (χ2n) is 10.6. The molecule has 4 unspecified atom stereocenters. The number of nitrogens with zero attached hydrogens (tertiary/aromatic N) is 2. The van der Waals surface area contributed by atoms with Crippen molar-refractivity contribution in [2.75, 3.05) is 7.11 Å². The van der Waals surface area contributed by atoms with Gasteiger partial charge < -0.3 is 14.7 Å². The number of carbonyl (C=O) groups excluding carboxylic acids is 2. The van der Waals surface area contributed by atoms with Gasteiger partial charge in [-0.1, -0.05) is 68.4 Å². The number of aliphatic carboxylic acids is 1. The van der Waals surface area contributed by atoms with E-state index in [1.807, 2.05) is 13.8 Å². The highest BCUT2D eigenvalue weighted by Crippen LogP contribution is 2.57. The van der Waals surface area contributed by atoms with E-state index in [0.717, 1.165) is 0 Å². The van der Waals surface area contributed by atoms with E-state index in [-0.39, 0.29) is 23.8 Å². The van der Waals surface area contributed by atoms with E-state index < -0.39 is 40.2 Å². The molecular weight excluding hydrogens is 512 g/mol. The van der Waals surface area contributed by atoms with Crippen molar-refractivity contribution in [3.8, 4) is 5.75 Å². The lowest BCUT2D eigenvalue weighted by molar-refractivity contribution is -0.384. The largest absolute Gasteiger partial charge is 0.497 e. The molecule has 3 aromatic carbocycles. The first-order chi connectivity index (χ1) is 19.0. The minimum atomic E-state index is -1.85. The summed E-state index contributed by atoms with van der Waals surface area (Å²) < 4.78 is 5.31. The van der Waals surface area contributed by atoms with Crippen LogP contribution in [0.5, 0.6) is 5.75 Å². The Bertz CT molecular complexity index is 1400. The molecule has 1 heterocycles. The fourth-order valence-corrected chi connectivity index (χ4v) is 5.81. The molecule has 0 spiro atoms. The fourth-order valence-electron chi connectivity index (χ4n) is 5.81. The molecule has 1 amide bonds. The molecule has 1 saturated heterocycles. The number of carbonyl (C=O) groups is 3. The Balaban J connectivity index is 2.03. The molecule has 0 aliphatic carbocycles. The van der Waals surface area contributed by atoms with Crippen molar-refractivity contribution in [3.63, 3.8) is 0 Å². The van der Waals surface area contributed by atoms with Crippen molar-refractivity contribution in [1.29, 1.82) is 0 Å². The first-order valence-corrected chi connectivity index (χ1v) is 13.0. The number of rotatable bonds is 9. The molecule has 1 fully saturated rings. The molecule has 0 aromatic heterocycles. The van der Waals surface area contributed by atoms with Gasteiger partial charge in [0.25, 0.3) is 5.69 Å². The lowest BCUT2D eigenvalue weighted by atomic mass is 9.71. The van der Waals surface area contributed by atoms with E-state index in [0.29, 0.717) is 22.4 Å². The average Bonchev–Trinajstić information content (AvgIpc) is 3.23. The predicted molar refractivity (Wildman–Crippen MR) is 148 cm³/mol. The van der Waals surface area contributed by atoms with Gasteiger partial charge in [-0.15, -0.1) is 0 Å². The number of nitro groups is 1. The van der Waals surface area contributed by atoms with Gasteiger partial charge in [0, 0.05) is 30.0 Å². The molecule has 9 nitrogen and oxygen atoms in total. The first kappa shape index (κ1) is 28.5. The van der Waals surface area contributed by atoms with Crippen molar-refractivity contribution in [2.45, 2.75) is 44.7 Å². The number of carboxylic acids is 1. The third kappa shape index (κ3) is 5.06. The predicted octanol–water partition coefficient (Wildman–Crippen LogP) is 5.66. The number of hydrogen-bond acceptors (Lipinski definition) is 6. The molecule has 1 N–H and O–H groups in total. The maximum atomic E-state index is 14.3. The standard InChI is InChI=1S/C31H32N2O7/c1-19(2)18-25(34)32-28(21-12-16-24(40-4)17-13-21)26(29(35)22-8-6-5-7-9-22)27(31(32,3)30(36)37)20-10-14-23(15-11-20)33(38)39/h5-17,19,26-28H,18H2,1-4H3,(H,36,37). The number of likely N-dealkylation sites (tertiary alicyclic amines) is 1. The second-order valence-corrected chi connectivity index (χ2v) is 10.6. The Morgan fingerprint density at radius 1 is 0.975 bits per heavy atom. The summed E-state index contributed by atoms with van der Waals surface area (Å²) in [5, 5.41) is 22.1. The van der Waals surface area contributed by atoms with E-state index in [4.69, 9.17) is 4.74 Å². The SMILES string of the molecule is COc1ccc(C2C(C(=O)c3ccccc3)C(c3ccc([N+](=O)[O-])cc3)C(C)(C(=O)O)N2C(=O)CC(C)C)cc1. The van der Waals surface area contributed by atoms with Gasteiger partial charge in [0.1, 0.15) is 11.3 Å². The molecule has 3 aromatic rings. The summed E-state index contributed by atoms with van der Waals surface area (Å²) >= 11 is 0. The summed E-state index contributed by atoms with van der Waals surface area (Å²) in [6, 6.07) is 20.1. The van der Waals surface area contributed by atoms with Gasteiger partial charge in [0.15, 0.2) is 5.78 Å². The van der Waals surface area contributed by atoms with Crippen LogP contribution in [0, 0.1) is 22.0 Å². The monoisotopic (exact) mass is 544 g/mol. The van der Waals surface area contributed by atoms with Crippen LogP contribution >= 0.6 is 0 Å². The highest BCUT2D eigenvalue weighted by Gasteiger charge is 2.64.